The molecule has 1 unspecified atom stereocenters. The average Bonchev–Trinajstić information content (AvgIpc) is 2.40. The molecule has 0 fully saturated rings. The highest BCUT2D eigenvalue weighted by molar-refractivity contribution is 6.30. The van der Waals surface area contributed by atoms with E-state index in [2.05, 4.69) is 22.2 Å². The number of nitrogens with zero attached hydrogens (tertiary/aromatic N) is 3. The third-order valence-electron chi connectivity index (χ3n) is 2.97. The van der Waals surface area contributed by atoms with E-state index in [4.69, 9.17) is 11.6 Å². The van der Waals surface area contributed by atoms with Crippen molar-refractivity contribution in [3.63, 3.8) is 0 Å². The molecule has 5 nitrogen and oxygen atoms in total. The molecule has 19 heavy (non-hydrogen) atoms. The third kappa shape index (κ3) is 4.06. The molecule has 0 bridgehead atoms. The SMILES string of the molecule is CCCc1c(Cl)ncnc1N(C)CC(C)C(=O)NC. The summed E-state index contributed by atoms with van der Waals surface area (Å²) >= 11 is 6.12. The molecule has 0 saturated carbocycles. The lowest BCUT2D eigenvalue weighted by atomic mass is 10.1. The second-order valence-electron chi connectivity index (χ2n) is 4.61. The number of anilines is 1. The van der Waals surface area contributed by atoms with Gasteiger partial charge in [0.25, 0.3) is 0 Å². The third-order valence-corrected chi connectivity index (χ3v) is 3.30. The second kappa shape index (κ2) is 7.28. The van der Waals surface area contributed by atoms with Crippen LogP contribution in [-0.2, 0) is 11.2 Å². The Labute approximate surface area is 119 Å². The lowest BCUT2D eigenvalue weighted by Gasteiger charge is -2.24. The molecule has 0 aliphatic heterocycles. The van der Waals surface area contributed by atoms with E-state index in [0.29, 0.717) is 11.7 Å². The Hall–Kier alpha value is -1.36. The van der Waals surface area contributed by atoms with Crippen LogP contribution in [0.15, 0.2) is 6.33 Å². The molecule has 1 N–H and O–H groups in total. The van der Waals surface area contributed by atoms with Gasteiger partial charge in [0.1, 0.15) is 17.3 Å². The van der Waals surface area contributed by atoms with Crippen LogP contribution in [0.5, 0.6) is 0 Å². The van der Waals surface area contributed by atoms with Gasteiger partial charge in [-0.2, -0.15) is 0 Å². The highest BCUT2D eigenvalue weighted by Crippen LogP contribution is 2.24. The van der Waals surface area contributed by atoms with E-state index >= 15 is 0 Å². The maximum Gasteiger partial charge on any atom is 0.224 e. The van der Waals surface area contributed by atoms with Crippen molar-refractivity contribution in [1.82, 2.24) is 15.3 Å². The van der Waals surface area contributed by atoms with Gasteiger partial charge >= 0.3 is 0 Å². The van der Waals surface area contributed by atoms with Crippen LogP contribution in [0.2, 0.25) is 5.15 Å². The van der Waals surface area contributed by atoms with Crippen molar-refractivity contribution in [2.24, 2.45) is 5.92 Å². The summed E-state index contributed by atoms with van der Waals surface area (Å²) in [5.41, 5.74) is 0.943. The molecule has 1 heterocycles. The molecule has 1 amide bonds. The summed E-state index contributed by atoms with van der Waals surface area (Å²) in [6, 6.07) is 0. The summed E-state index contributed by atoms with van der Waals surface area (Å²) in [4.78, 5) is 21.8. The van der Waals surface area contributed by atoms with Crippen molar-refractivity contribution in [2.45, 2.75) is 26.7 Å². The van der Waals surface area contributed by atoms with Gasteiger partial charge in [-0.05, 0) is 6.42 Å². The molecule has 0 radical (unpaired) electrons. The van der Waals surface area contributed by atoms with E-state index in [1.54, 1.807) is 7.05 Å². The van der Waals surface area contributed by atoms with E-state index in [0.717, 1.165) is 24.2 Å². The minimum Gasteiger partial charge on any atom is -0.359 e. The van der Waals surface area contributed by atoms with Crippen molar-refractivity contribution in [3.05, 3.63) is 17.0 Å². The number of rotatable bonds is 6. The summed E-state index contributed by atoms with van der Waals surface area (Å²) in [5, 5.41) is 3.14. The molecule has 106 valence electrons. The van der Waals surface area contributed by atoms with Gasteiger partial charge in [0.2, 0.25) is 5.91 Å². The molecule has 1 aromatic rings. The van der Waals surface area contributed by atoms with E-state index < -0.39 is 0 Å². The van der Waals surface area contributed by atoms with E-state index in [1.165, 1.54) is 6.33 Å². The van der Waals surface area contributed by atoms with Crippen LogP contribution < -0.4 is 10.2 Å². The van der Waals surface area contributed by atoms with Gasteiger partial charge in [0.15, 0.2) is 0 Å². The number of amides is 1. The quantitative estimate of drug-likeness (QED) is 0.811. The fourth-order valence-electron chi connectivity index (χ4n) is 2.00. The standard InChI is InChI=1S/C13H21ClN4O/c1-5-6-10-11(14)16-8-17-12(10)18(4)7-9(2)13(19)15-3/h8-9H,5-7H2,1-4H3,(H,15,19). The molecule has 1 rings (SSSR count). The largest absolute Gasteiger partial charge is 0.359 e. The number of aromatic nitrogens is 2. The summed E-state index contributed by atoms with van der Waals surface area (Å²) in [5.74, 6) is 0.708. The molecule has 0 aromatic carbocycles. The van der Waals surface area contributed by atoms with Gasteiger partial charge in [-0.3, -0.25) is 4.79 Å². The zero-order valence-electron chi connectivity index (χ0n) is 11.9. The predicted octanol–water partition coefficient (Wildman–Crippen LogP) is 1.90. The lowest BCUT2D eigenvalue weighted by molar-refractivity contribution is -0.123. The summed E-state index contributed by atoms with van der Waals surface area (Å²) < 4.78 is 0. The molecular formula is C13H21ClN4O. The highest BCUT2D eigenvalue weighted by atomic mass is 35.5. The Kier molecular flexibility index (Phi) is 6.02. The number of halogens is 1. The number of carbonyl (C=O) groups excluding carboxylic acids is 1. The fourth-order valence-corrected chi connectivity index (χ4v) is 2.23. The van der Waals surface area contributed by atoms with Crippen molar-refractivity contribution in [2.75, 3.05) is 25.5 Å². The van der Waals surface area contributed by atoms with Gasteiger partial charge in [-0.1, -0.05) is 31.9 Å². The Morgan fingerprint density at radius 2 is 2.21 bits per heavy atom. The zero-order chi connectivity index (χ0) is 14.4. The molecule has 0 saturated heterocycles. The van der Waals surface area contributed by atoms with Crippen molar-refractivity contribution in [1.29, 1.82) is 0 Å². The number of hydrogen-bond donors (Lipinski definition) is 1. The van der Waals surface area contributed by atoms with Crippen LogP contribution in [0.1, 0.15) is 25.8 Å². The number of carbonyl (C=O) groups is 1. The number of hydrogen-bond acceptors (Lipinski definition) is 4. The molecule has 1 atom stereocenters. The first kappa shape index (κ1) is 15.7. The zero-order valence-corrected chi connectivity index (χ0v) is 12.7. The van der Waals surface area contributed by atoms with Gasteiger partial charge in [0.05, 0.1) is 5.92 Å². The minimum absolute atomic E-state index is 0.0176. The molecule has 0 aliphatic rings. The molecular weight excluding hydrogens is 264 g/mol. The summed E-state index contributed by atoms with van der Waals surface area (Å²) in [6.45, 7) is 4.56. The summed E-state index contributed by atoms with van der Waals surface area (Å²) in [6.07, 6.45) is 3.25. The Bertz CT molecular complexity index is 439. The van der Waals surface area contributed by atoms with Crippen LogP contribution in [-0.4, -0.2) is 36.5 Å². The molecule has 0 aliphatic carbocycles. The van der Waals surface area contributed by atoms with Crippen molar-refractivity contribution < 1.29 is 4.79 Å². The van der Waals surface area contributed by atoms with Gasteiger partial charge in [-0.25, -0.2) is 9.97 Å². The second-order valence-corrected chi connectivity index (χ2v) is 4.97. The van der Waals surface area contributed by atoms with Crippen LogP contribution in [0.3, 0.4) is 0 Å². The van der Waals surface area contributed by atoms with E-state index in [1.807, 2.05) is 18.9 Å². The van der Waals surface area contributed by atoms with E-state index in [-0.39, 0.29) is 11.8 Å². The first-order valence-corrected chi connectivity index (χ1v) is 6.81. The van der Waals surface area contributed by atoms with Crippen molar-refractivity contribution in [3.8, 4) is 0 Å². The minimum atomic E-state index is -0.113. The monoisotopic (exact) mass is 284 g/mol. The smallest absolute Gasteiger partial charge is 0.224 e. The van der Waals surface area contributed by atoms with Crippen molar-refractivity contribution >= 4 is 23.3 Å². The van der Waals surface area contributed by atoms with Gasteiger partial charge < -0.3 is 10.2 Å². The molecule has 6 heteroatoms. The maximum atomic E-state index is 11.6. The Balaban J connectivity index is 2.90. The Morgan fingerprint density at radius 1 is 1.53 bits per heavy atom. The Morgan fingerprint density at radius 3 is 2.79 bits per heavy atom. The first-order valence-electron chi connectivity index (χ1n) is 6.43. The molecule has 1 aromatic heterocycles. The van der Waals surface area contributed by atoms with Crippen LogP contribution >= 0.6 is 11.6 Å². The van der Waals surface area contributed by atoms with Gasteiger partial charge in [-0.15, -0.1) is 0 Å². The van der Waals surface area contributed by atoms with Gasteiger partial charge in [0, 0.05) is 26.2 Å². The van der Waals surface area contributed by atoms with Crippen LogP contribution in [0, 0.1) is 5.92 Å². The highest BCUT2D eigenvalue weighted by Gasteiger charge is 2.18. The maximum absolute atomic E-state index is 11.6. The van der Waals surface area contributed by atoms with Crippen LogP contribution in [0.25, 0.3) is 0 Å². The normalized spacial score (nSPS) is 12.1. The average molecular weight is 285 g/mol. The predicted molar refractivity (Wildman–Crippen MR) is 77.5 cm³/mol. The van der Waals surface area contributed by atoms with E-state index in [9.17, 15) is 4.79 Å². The topological polar surface area (TPSA) is 58.1 Å². The number of nitrogens with one attached hydrogen (secondary N) is 1. The lowest BCUT2D eigenvalue weighted by Crippen LogP contribution is -2.35. The first-order chi connectivity index (χ1) is 9.01. The molecule has 0 spiro atoms. The fraction of sp³-hybridized carbons (Fsp3) is 0.615. The van der Waals surface area contributed by atoms with Crippen LogP contribution in [0.4, 0.5) is 5.82 Å². The summed E-state index contributed by atoms with van der Waals surface area (Å²) in [7, 11) is 3.56.